The maximum atomic E-state index is 10.1. The number of hydrogen-bond donors (Lipinski definition) is 0. The summed E-state index contributed by atoms with van der Waals surface area (Å²) in [6.45, 7) is 8.39. The van der Waals surface area contributed by atoms with Gasteiger partial charge in [0.25, 0.3) is 0 Å². The summed E-state index contributed by atoms with van der Waals surface area (Å²) in [4.78, 5) is 16.3. The molecule has 0 aliphatic carbocycles. The molecule has 1 unspecified atom stereocenters. The van der Waals surface area contributed by atoms with Gasteiger partial charge in [-0.1, -0.05) is 6.42 Å². The molecule has 0 amide bonds. The van der Waals surface area contributed by atoms with Crippen LogP contribution < -0.4 is 0 Å². The number of rotatable bonds is 2. The Balaban J connectivity index is 2.63. The summed E-state index contributed by atoms with van der Waals surface area (Å²) in [5.74, 6) is 0. The van der Waals surface area contributed by atoms with Gasteiger partial charge in [0.15, 0.2) is 0 Å². The van der Waals surface area contributed by atoms with Crippen molar-refractivity contribution in [2.45, 2.75) is 51.6 Å². The van der Waals surface area contributed by atoms with Gasteiger partial charge in [-0.15, -0.1) is 0 Å². The minimum atomic E-state index is 0.184. The Morgan fingerprint density at radius 1 is 1.43 bits per heavy atom. The van der Waals surface area contributed by atoms with E-state index in [0.717, 1.165) is 13.0 Å². The Hall–Kier alpha value is -0.660. The summed E-state index contributed by atoms with van der Waals surface area (Å²) in [5, 5.41) is 0. The van der Waals surface area contributed by atoms with E-state index in [4.69, 9.17) is 0 Å². The zero-order chi connectivity index (χ0) is 10.6. The number of hydrogen-bond acceptors (Lipinski definition) is 3. The molecular formula is C11H20N2O. The molecule has 1 aliphatic rings. The van der Waals surface area contributed by atoms with Gasteiger partial charge in [0.2, 0.25) is 6.08 Å². The number of carbonyl (C=O) groups excluding carboxylic acids is 1. The van der Waals surface area contributed by atoms with E-state index in [-0.39, 0.29) is 5.54 Å². The van der Waals surface area contributed by atoms with E-state index in [1.807, 2.05) is 0 Å². The number of nitrogens with zero attached hydrogens (tertiary/aromatic N) is 2. The highest BCUT2D eigenvalue weighted by Gasteiger charge is 2.30. The van der Waals surface area contributed by atoms with Crippen LogP contribution in [0.1, 0.15) is 40.0 Å². The molecule has 0 radical (unpaired) electrons. The Morgan fingerprint density at radius 3 is 2.71 bits per heavy atom. The van der Waals surface area contributed by atoms with E-state index in [2.05, 4.69) is 30.7 Å². The van der Waals surface area contributed by atoms with Crippen molar-refractivity contribution < 1.29 is 4.79 Å². The molecule has 1 saturated heterocycles. The minimum absolute atomic E-state index is 0.184. The van der Waals surface area contributed by atoms with E-state index < -0.39 is 0 Å². The molecular weight excluding hydrogens is 176 g/mol. The van der Waals surface area contributed by atoms with Crippen LogP contribution in [0.5, 0.6) is 0 Å². The molecule has 1 aliphatic heterocycles. The predicted octanol–water partition coefficient (Wildman–Crippen LogP) is 1.98. The van der Waals surface area contributed by atoms with Crippen LogP contribution in [0.4, 0.5) is 0 Å². The van der Waals surface area contributed by atoms with Crippen LogP contribution in [-0.4, -0.2) is 35.7 Å². The number of isocyanates is 1. The van der Waals surface area contributed by atoms with Gasteiger partial charge in [0.05, 0.1) is 6.54 Å². The van der Waals surface area contributed by atoms with E-state index in [0.29, 0.717) is 12.6 Å². The van der Waals surface area contributed by atoms with Gasteiger partial charge in [0.1, 0.15) is 0 Å². The molecule has 1 fully saturated rings. The van der Waals surface area contributed by atoms with Crippen molar-refractivity contribution in [3.05, 3.63) is 0 Å². The zero-order valence-electron chi connectivity index (χ0n) is 9.42. The van der Waals surface area contributed by atoms with Crippen LogP contribution in [-0.2, 0) is 4.79 Å². The zero-order valence-corrected chi connectivity index (χ0v) is 9.42. The van der Waals surface area contributed by atoms with Crippen LogP contribution in [0, 0.1) is 0 Å². The first-order chi connectivity index (χ1) is 6.55. The molecule has 0 aromatic heterocycles. The highest BCUT2D eigenvalue weighted by atomic mass is 16.1. The molecule has 1 heterocycles. The second-order valence-electron chi connectivity index (χ2n) is 4.95. The van der Waals surface area contributed by atoms with Crippen molar-refractivity contribution >= 4 is 6.08 Å². The third-order valence-electron chi connectivity index (χ3n) is 2.86. The van der Waals surface area contributed by atoms with Crippen molar-refractivity contribution in [1.82, 2.24) is 4.90 Å². The van der Waals surface area contributed by atoms with E-state index in [1.54, 1.807) is 6.08 Å². The SMILES string of the molecule is CC(C)(C)N1CCCCC1CN=C=O. The summed E-state index contributed by atoms with van der Waals surface area (Å²) in [6, 6.07) is 0.435. The monoisotopic (exact) mass is 196 g/mol. The quantitative estimate of drug-likeness (QED) is 0.499. The van der Waals surface area contributed by atoms with E-state index in [9.17, 15) is 4.79 Å². The summed E-state index contributed by atoms with van der Waals surface area (Å²) in [6.07, 6.45) is 5.31. The molecule has 1 rings (SSSR count). The van der Waals surface area contributed by atoms with Crippen molar-refractivity contribution in [2.24, 2.45) is 4.99 Å². The van der Waals surface area contributed by atoms with Gasteiger partial charge in [-0.05, 0) is 40.2 Å². The largest absolute Gasteiger partial charge is 0.294 e. The van der Waals surface area contributed by atoms with Crippen LogP contribution in [0.15, 0.2) is 4.99 Å². The summed E-state index contributed by atoms with van der Waals surface area (Å²) < 4.78 is 0. The lowest BCUT2D eigenvalue weighted by atomic mass is 9.95. The summed E-state index contributed by atoms with van der Waals surface area (Å²) >= 11 is 0. The lowest BCUT2D eigenvalue weighted by molar-refractivity contribution is 0.0561. The van der Waals surface area contributed by atoms with E-state index in [1.165, 1.54) is 12.8 Å². The standard InChI is InChI=1S/C11H20N2O/c1-11(2,3)13-7-5-4-6-10(13)8-12-9-14/h10H,4-8H2,1-3H3. The third kappa shape index (κ3) is 2.93. The van der Waals surface area contributed by atoms with Gasteiger partial charge in [-0.25, -0.2) is 9.79 Å². The topological polar surface area (TPSA) is 32.7 Å². The maximum Gasteiger partial charge on any atom is 0.234 e. The van der Waals surface area contributed by atoms with E-state index >= 15 is 0 Å². The normalized spacial score (nSPS) is 24.4. The van der Waals surface area contributed by atoms with Gasteiger partial charge >= 0.3 is 0 Å². The summed E-state index contributed by atoms with van der Waals surface area (Å²) in [7, 11) is 0. The van der Waals surface area contributed by atoms with Crippen LogP contribution in [0.2, 0.25) is 0 Å². The Bertz CT molecular complexity index is 226. The first kappa shape index (κ1) is 11.4. The number of likely N-dealkylation sites (tertiary alicyclic amines) is 1. The van der Waals surface area contributed by atoms with Gasteiger partial charge in [-0.2, -0.15) is 0 Å². The molecule has 3 heteroatoms. The fourth-order valence-electron chi connectivity index (χ4n) is 2.22. The van der Waals surface area contributed by atoms with Crippen LogP contribution >= 0.6 is 0 Å². The Morgan fingerprint density at radius 2 is 2.14 bits per heavy atom. The lowest BCUT2D eigenvalue weighted by Crippen LogP contribution is -2.51. The maximum absolute atomic E-state index is 10.1. The smallest absolute Gasteiger partial charge is 0.234 e. The van der Waals surface area contributed by atoms with Gasteiger partial charge in [0, 0.05) is 11.6 Å². The second-order valence-corrected chi connectivity index (χ2v) is 4.95. The first-order valence-electron chi connectivity index (χ1n) is 5.36. The average Bonchev–Trinajstić information content (AvgIpc) is 2.14. The van der Waals surface area contributed by atoms with Crippen LogP contribution in [0.25, 0.3) is 0 Å². The van der Waals surface area contributed by atoms with Crippen molar-refractivity contribution in [1.29, 1.82) is 0 Å². The average molecular weight is 196 g/mol. The molecule has 0 bridgehead atoms. The fraction of sp³-hybridized carbons (Fsp3) is 0.909. The Labute approximate surface area is 86.2 Å². The predicted molar refractivity (Wildman–Crippen MR) is 57.1 cm³/mol. The lowest BCUT2D eigenvalue weighted by Gasteiger charge is -2.44. The fourth-order valence-corrected chi connectivity index (χ4v) is 2.22. The molecule has 0 N–H and O–H groups in total. The van der Waals surface area contributed by atoms with Gasteiger partial charge < -0.3 is 0 Å². The van der Waals surface area contributed by atoms with Crippen LogP contribution in [0.3, 0.4) is 0 Å². The molecule has 0 aromatic rings. The first-order valence-corrected chi connectivity index (χ1v) is 5.36. The highest BCUT2D eigenvalue weighted by molar-refractivity contribution is 5.32. The van der Waals surface area contributed by atoms with Crippen molar-refractivity contribution in [3.8, 4) is 0 Å². The van der Waals surface area contributed by atoms with Crippen molar-refractivity contribution in [2.75, 3.05) is 13.1 Å². The second kappa shape index (κ2) is 4.72. The molecule has 0 saturated carbocycles. The molecule has 14 heavy (non-hydrogen) atoms. The molecule has 0 spiro atoms. The molecule has 1 atom stereocenters. The summed E-state index contributed by atoms with van der Waals surface area (Å²) in [5.41, 5.74) is 0.184. The number of piperidine rings is 1. The minimum Gasteiger partial charge on any atom is -0.294 e. The van der Waals surface area contributed by atoms with Crippen molar-refractivity contribution in [3.63, 3.8) is 0 Å². The highest BCUT2D eigenvalue weighted by Crippen LogP contribution is 2.25. The Kier molecular flexibility index (Phi) is 3.85. The third-order valence-corrected chi connectivity index (χ3v) is 2.86. The number of aliphatic imine (C=N–C) groups is 1. The van der Waals surface area contributed by atoms with Gasteiger partial charge in [-0.3, -0.25) is 4.90 Å². The molecule has 80 valence electrons. The molecule has 3 nitrogen and oxygen atoms in total. The molecule has 0 aromatic carbocycles.